The van der Waals surface area contributed by atoms with E-state index in [1.54, 1.807) is 0 Å². The smallest absolute Gasteiger partial charge is 0.308 e. The molecule has 0 aliphatic heterocycles. The van der Waals surface area contributed by atoms with Crippen LogP contribution < -0.4 is 0 Å². The van der Waals surface area contributed by atoms with Crippen LogP contribution in [0.4, 0.5) is 0 Å². The van der Waals surface area contributed by atoms with Crippen molar-refractivity contribution in [2.45, 2.75) is 25.7 Å². The highest BCUT2D eigenvalue weighted by atomic mass is 16.5. The van der Waals surface area contributed by atoms with Gasteiger partial charge in [-0.2, -0.15) is 0 Å². The molecule has 2 fully saturated rings. The Morgan fingerprint density at radius 3 is 2.64 bits per heavy atom. The van der Waals surface area contributed by atoms with Crippen molar-refractivity contribution < 1.29 is 9.53 Å². The molecule has 3 atom stereocenters. The summed E-state index contributed by atoms with van der Waals surface area (Å²) in [6.07, 6.45) is 4.97. The topological polar surface area (TPSA) is 26.3 Å². The van der Waals surface area contributed by atoms with Crippen molar-refractivity contribution in [2.75, 3.05) is 7.11 Å². The second-order valence-electron chi connectivity index (χ2n) is 3.80. The summed E-state index contributed by atoms with van der Waals surface area (Å²) in [5, 5.41) is 0. The van der Waals surface area contributed by atoms with Crippen molar-refractivity contribution in [1.82, 2.24) is 0 Å². The van der Waals surface area contributed by atoms with Gasteiger partial charge in [0.15, 0.2) is 0 Å². The van der Waals surface area contributed by atoms with E-state index in [0.29, 0.717) is 5.92 Å². The fourth-order valence-corrected chi connectivity index (χ4v) is 2.68. The number of ether oxygens (including phenoxy) is 1. The summed E-state index contributed by atoms with van der Waals surface area (Å²) in [7, 11) is 1.49. The minimum absolute atomic E-state index is 0.0252. The molecule has 0 amide bonds. The Morgan fingerprint density at radius 2 is 2.18 bits per heavy atom. The van der Waals surface area contributed by atoms with Gasteiger partial charge in [0.2, 0.25) is 0 Å². The second kappa shape index (κ2) is 2.50. The monoisotopic (exact) mass is 154 g/mol. The summed E-state index contributed by atoms with van der Waals surface area (Å²) >= 11 is 0. The van der Waals surface area contributed by atoms with Crippen LogP contribution in [-0.2, 0) is 9.53 Å². The van der Waals surface area contributed by atoms with Gasteiger partial charge in [0.1, 0.15) is 0 Å². The Bertz CT molecular complexity index is 176. The normalized spacial score (nSPS) is 41.0. The fraction of sp³-hybridized carbons (Fsp3) is 0.889. The van der Waals surface area contributed by atoms with Crippen LogP contribution in [0.15, 0.2) is 0 Å². The van der Waals surface area contributed by atoms with E-state index in [2.05, 4.69) is 0 Å². The molecule has 2 aliphatic rings. The molecular weight excluding hydrogens is 140 g/mol. The van der Waals surface area contributed by atoms with Crippen molar-refractivity contribution in [2.24, 2.45) is 17.8 Å². The first kappa shape index (κ1) is 7.14. The maximum absolute atomic E-state index is 11.2. The number of carbonyl (C=O) groups excluding carboxylic acids is 1. The molecule has 1 unspecified atom stereocenters. The summed E-state index contributed by atoms with van der Waals surface area (Å²) in [4.78, 5) is 11.2. The molecule has 0 radical (unpaired) electrons. The molecule has 0 N–H and O–H groups in total. The third kappa shape index (κ3) is 1.05. The van der Waals surface area contributed by atoms with Crippen LogP contribution in [0.1, 0.15) is 25.7 Å². The number of hydrogen-bond acceptors (Lipinski definition) is 2. The standard InChI is InChI=1S/C9H14O2/c1-11-9(10)8-5-6-2-3-7(8)4-6/h6-8H,2-5H2,1H3/t6-,7+,8?/m1/s1. The van der Waals surface area contributed by atoms with E-state index >= 15 is 0 Å². The lowest BCUT2D eigenvalue weighted by Gasteiger charge is -2.18. The number of methoxy groups -OCH3 is 1. The molecule has 0 aromatic rings. The molecular formula is C9H14O2. The molecule has 2 aliphatic carbocycles. The van der Waals surface area contributed by atoms with Crippen LogP contribution >= 0.6 is 0 Å². The third-order valence-corrected chi connectivity index (χ3v) is 3.24. The van der Waals surface area contributed by atoms with Crippen LogP contribution in [0, 0.1) is 17.8 Å². The number of hydrogen-bond donors (Lipinski definition) is 0. The molecule has 62 valence electrons. The van der Waals surface area contributed by atoms with Crippen LogP contribution in [-0.4, -0.2) is 13.1 Å². The van der Waals surface area contributed by atoms with Gasteiger partial charge in [-0.05, 0) is 31.1 Å². The minimum atomic E-state index is 0.0252. The quantitative estimate of drug-likeness (QED) is 0.536. The van der Waals surface area contributed by atoms with E-state index in [1.807, 2.05) is 0 Å². The van der Waals surface area contributed by atoms with Gasteiger partial charge >= 0.3 is 5.97 Å². The van der Waals surface area contributed by atoms with Gasteiger partial charge in [0.25, 0.3) is 0 Å². The van der Waals surface area contributed by atoms with Gasteiger partial charge in [0, 0.05) is 0 Å². The molecule has 0 aromatic heterocycles. The molecule has 0 spiro atoms. The molecule has 2 saturated carbocycles. The summed E-state index contributed by atoms with van der Waals surface area (Å²) in [6.45, 7) is 0. The van der Waals surface area contributed by atoms with Gasteiger partial charge in [-0.1, -0.05) is 6.42 Å². The van der Waals surface area contributed by atoms with Crippen molar-refractivity contribution in [3.63, 3.8) is 0 Å². The van der Waals surface area contributed by atoms with Crippen LogP contribution in [0.3, 0.4) is 0 Å². The molecule has 2 heteroatoms. The largest absolute Gasteiger partial charge is 0.469 e. The molecule has 2 bridgehead atoms. The Labute approximate surface area is 66.9 Å². The first-order valence-electron chi connectivity index (χ1n) is 4.39. The maximum Gasteiger partial charge on any atom is 0.308 e. The summed E-state index contributed by atoms with van der Waals surface area (Å²) in [5.41, 5.74) is 0. The second-order valence-corrected chi connectivity index (χ2v) is 3.80. The predicted molar refractivity (Wildman–Crippen MR) is 41.0 cm³/mol. The Kier molecular flexibility index (Phi) is 1.63. The molecule has 0 heterocycles. The van der Waals surface area contributed by atoms with E-state index < -0.39 is 0 Å². The zero-order valence-corrected chi connectivity index (χ0v) is 6.88. The molecule has 0 aromatic carbocycles. The zero-order chi connectivity index (χ0) is 7.84. The lowest BCUT2D eigenvalue weighted by Crippen LogP contribution is -2.21. The van der Waals surface area contributed by atoms with Crippen LogP contribution in [0.25, 0.3) is 0 Å². The summed E-state index contributed by atoms with van der Waals surface area (Å²) in [5.74, 6) is 1.77. The Morgan fingerprint density at radius 1 is 1.36 bits per heavy atom. The van der Waals surface area contributed by atoms with Gasteiger partial charge in [-0.15, -0.1) is 0 Å². The van der Waals surface area contributed by atoms with E-state index in [0.717, 1.165) is 12.3 Å². The highest BCUT2D eigenvalue weighted by Crippen LogP contribution is 2.48. The Balaban J connectivity index is 2.02. The highest BCUT2D eigenvalue weighted by molar-refractivity contribution is 5.73. The van der Waals surface area contributed by atoms with Crippen molar-refractivity contribution in [1.29, 1.82) is 0 Å². The summed E-state index contributed by atoms with van der Waals surface area (Å²) in [6, 6.07) is 0. The third-order valence-electron chi connectivity index (χ3n) is 3.24. The molecule has 0 saturated heterocycles. The van der Waals surface area contributed by atoms with Crippen LogP contribution in [0.2, 0.25) is 0 Å². The van der Waals surface area contributed by atoms with Crippen molar-refractivity contribution >= 4 is 5.97 Å². The molecule has 11 heavy (non-hydrogen) atoms. The van der Waals surface area contributed by atoms with Gasteiger partial charge in [-0.25, -0.2) is 0 Å². The number of esters is 1. The van der Waals surface area contributed by atoms with E-state index in [4.69, 9.17) is 4.74 Å². The SMILES string of the molecule is COC(=O)C1C[C@@H]2CC[C@H]1C2. The van der Waals surface area contributed by atoms with Gasteiger partial charge in [-0.3, -0.25) is 4.79 Å². The molecule has 2 rings (SSSR count). The fourth-order valence-electron chi connectivity index (χ4n) is 2.68. The maximum atomic E-state index is 11.2. The van der Waals surface area contributed by atoms with Crippen LogP contribution in [0.5, 0.6) is 0 Å². The number of fused-ring (bicyclic) bond motifs is 2. The first-order valence-corrected chi connectivity index (χ1v) is 4.39. The predicted octanol–water partition coefficient (Wildman–Crippen LogP) is 1.60. The lowest BCUT2D eigenvalue weighted by atomic mass is 9.89. The Hall–Kier alpha value is -0.530. The summed E-state index contributed by atoms with van der Waals surface area (Å²) < 4.78 is 4.75. The highest BCUT2D eigenvalue weighted by Gasteiger charge is 2.43. The first-order chi connectivity index (χ1) is 5.31. The van der Waals surface area contributed by atoms with Crippen molar-refractivity contribution in [3.05, 3.63) is 0 Å². The lowest BCUT2D eigenvalue weighted by molar-refractivity contribution is -0.147. The average molecular weight is 154 g/mol. The molecule has 2 nitrogen and oxygen atoms in total. The number of carbonyl (C=O) groups is 1. The van der Waals surface area contributed by atoms with Crippen molar-refractivity contribution in [3.8, 4) is 0 Å². The van der Waals surface area contributed by atoms with E-state index in [1.165, 1.54) is 26.4 Å². The van der Waals surface area contributed by atoms with E-state index in [9.17, 15) is 4.79 Å². The van der Waals surface area contributed by atoms with Gasteiger partial charge < -0.3 is 4.74 Å². The zero-order valence-electron chi connectivity index (χ0n) is 6.88. The minimum Gasteiger partial charge on any atom is -0.469 e. The van der Waals surface area contributed by atoms with Gasteiger partial charge in [0.05, 0.1) is 13.0 Å². The van der Waals surface area contributed by atoms with E-state index in [-0.39, 0.29) is 11.9 Å². The number of rotatable bonds is 1. The average Bonchev–Trinajstić information content (AvgIpc) is 2.62.